The van der Waals surface area contributed by atoms with Gasteiger partial charge in [-0.1, -0.05) is 42.4 Å². The molecule has 0 fully saturated rings. The summed E-state index contributed by atoms with van der Waals surface area (Å²) in [6, 6.07) is 11.3. The van der Waals surface area contributed by atoms with Crippen molar-refractivity contribution in [2.45, 2.75) is 23.6 Å². The molecule has 2 rings (SSSR count). The number of thioether (sulfide) groups is 1. The van der Waals surface area contributed by atoms with E-state index in [4.69, 9.17) is 11.6 Å². The summed E-state index contributed by atoms with van der Waals surface area (Å²) in [5.74, 6) is 0.492. The van der Waals surface area contributed by atoms with Gasteiger partial charge in [-0.2, -0.15) is 10.5 Å². The predicted octanol–water partition coefficient (Wildman–Crippen LogP) is 4.14. The molecule has 0 aliphatic rings. The highest BCUT2D eigenvalue weighted by molar-refractivity contribution is 8.00. The summed E-state index contributed by atoms with van der Waals surface area (Å²) in [7, 11) is 3.58. The van der Waals surface area contributed by atoms with E-state index in [1.165, 1.54) is 11.8 Å². The maximum atomic E-state index is 11.7. The Morgan fingerprint density at radius 2 is 1.85 bits per heavy atom. The number of nitriles is 2. The van der Waals surface area contributed by atoms with Gasteiger partial charge < -0.3 is 9.69 Å². The fraction of sp³-hybridized carbons (Fsp3) is 0.263. The van der Waals surface area contributed by atoms with Crippen LogP contribution in [0.1, 0.15) is 34.4 Å². The van der Waals surface area contributed by atoms with E-state index in [0.29, 0.717) is 39.0 Å². The Balaban J connectivity index is 2.59. The Morgan fingerprint density at radius 1 is 1.23 bits per heavy atom. The van der Waals surface area contributed by atoms with Crippen LogP contribution in [0.4, 0.5) is 5.82 Å². The molecule has 26 heavy (non-hydrogen) atoms. The number of aromatic nitrogens is 1. The van der Waals surface area contributed by atoms with Crippen molar-refractivity contribution in [2.24, 2.45) is 0 Å². The van der Waals surface area contributed by atoms with E-state index >= 15 is 0 Å². The van der Waals surface area contributed by atoms with Crippen molar-refractivity contribution in [3.63, 3.8) is 0 Å². The smallest absolute Gasteiger partial charge is 0.147 e. The highest BCUT2D eigenvalue weighted by atomic mass is 35.5. The minimum absolute atomic E-state index is 0.348. The summed E-state index contributed by atoms with van der Waals surface area (Å²) >= 11 is 7.11. The predicted molar refractivity (Wildman–Crippen MR) is 103 cm³/mol. The van der Waals surface area contributed by atoms with Crippen LogP contribution in [0.15, 0.2) is 29.3 Å². The van der Waals surface area contributed by atoms with Gasteiger partial charge in [0, 0.05) is 19.1 Å². The van der Waals surface area contributed by atoms with Gasteiger partial charge in [0.1, 0.15) is 29.3 Å². The van der Waals surface area contributed by atoms with Gasteiger partial charge in [0.15, 0.2) is 0 Å². The third-order valence-corrected chi connectivity index (χ3v) is 5.22. The van der Waals surface area contributed by atoms with E-state index < -0.39 is 5.25 Å². The molecule has 132 valence electrons. The molecule has 0 radical (unpaired) electrons. The summed E-state index contributed by atoms with van der Waals surface area (Å²) < 4.78 is 0. The van der Waals surface area contributed by atoms with E-state index in [9.17, 15) is 15.3 Å². The van der Waals surface area contributed by atoms with Crippen molar-refractivity contribution >= 4 is 35.5 Å². The number of aldehydes is 1. The van der Waals surface area contributed by atoms with E-state index in [-0.39, 0.29) is 0 Å². The molecule has 0 spiro atoms. The van der Waals surface area contributed by atoms with Crippen molar-refractivity contribution in [3.05, 3.63) is 51.5 Å². The lowest BCUT2D eigenvalue weighted by Gasteiger charge is -2.19. The van der Waals surface area contributed by atoms with Crippen molar-refractivity contribution < 1.29 is 4.79 Å². The van der Waals surface area contributed by atoms with Gasteiger partial charge >= 0.3 is 0 Å². The number of pyridine rings is 1. The number of halogens is 1. The number of hydrogen-bond donors (Lipinski definition) is 0. The lowest BCUT2D eigenvalue weighted by Crippen LogP contribution is -2.16. The molecular formula is C19H17ClN4OS. The number of benzene rings is 1. The van der Waals surface area contributed by atoms with Gasteiger partial charge in [-0.15, -0.1) is 0 Å². The molecule has 1 aromatic carbocycles. The van der Waals surface area contributed by atoms with E-state index in [1.807, 2.05) is 6.92 Å². The van der Waals surface area contributed by atoms with Gasteiger partial charge in [0.2, 0.25) is 0 Å². The van der Waals surface area contributed by atoms with Crippen LogP contribution in [-0.4, -0.2) is 25.4 Å². The monoisotopic (exact) mass is 384 g/mol. The van der Waals surface area contributed by atoms with Gasteiger partial charge in [-0.05, 0) is 29.7 Å². The molecule has 0 amide bonds. The standard InChI is InChI=1S/C19H17ClN4OS/c1-4-14-15(9-21)18(24(2)3)23-19(16(14)10-22)26-17(11-25)12-5-7-13(20)8-6-12/h5-8,11,17H,4H2,1-3H3. The van der Waals surface area contributed by atoms with Crippen LogP contribution in [0.25, 0.3) is 0 Å². The molecule has 1 heterocycles. The topological polar surface area (TPSA) is 80.8 Å². The number of carbonyl (C=O) groups excluding carboxylic acids is 1. The largest absolute Gasteiger partial charge is 0.362 e. The van der Waals surface area contributed by atoms with Gasteiger partial charge in [-0.3, -0.25) is 0 Å². The first-order valence-electron chi connectivity index (χ1n) is 7.88. The second-order valence-electron chi connectivity index (χ2n) is 5.67. The fourth-order valence-corrected chi connectivity index (χ4v) is 3.68. The highest BCUT2D eigenvalue weighted by Crippen LogP contribution is 2.38. The molecule has 0 saturated heterocycles. The summed E-state index contributed by atoms with van der Waals surface area (Å²) in [5.41, 5.74) is 2.17. The van der Waals surface area contributed by atoms with Crippen LogP contribution >= 0.6 is 23.4 Å². The molecule has 2 aromatic rings. The Kier molecular flexibility index (Phi) is 6.63. The zero-order valence-electron chi connectivity index (χ0n) is 14.7. The SMILES string of the molecule is CCc1c(C#N)c(SC(C=O)c2ccc(Cl)cc2)nc(N(C)C)c1C#N. The van der Waals surface area contributed by atoms with Crippen LogP contribution < -0.4 is 4.90 Å². The number of anilines is 1. The average molecular weight is 385 g/mol. The molecule has 0 saturated carbocycles. The summed E-state index contributed by atoms with van der Waals surface area (Å²) in [6.07, 6.45) is 1.34. The summed E-state index contributed by atoms with van der Waals surface area (Å²) in [5, 5.41) is 19.7. The lowest BCUT2D eigenvalue weighted by molar-refractivity contribution is -0.107. The van der Waals surface area contributed by atoms with Crippen molar-refractivity contribution in [1.82, 2.24) is 4.98 Å². The van der Waals surface area contributed by atoms with Crippen molar-refractivity contribution in [3.8, 4) is 12.1 Å². The van der Waals surface area contributed by atoms with Crippen molar-refractivity contribution in [1.29, 1.82) is 10.5 Å². The maximum Gasteiger partial charge on any atom is 0.147 e. The number of rotatable bonds is 6. The molecule has 1 aromatic heterocycles. The Labute approximate surface area is 162 Å². The minimum Gasteiger partial charge on any atom is -0.362 e. The molecule has 7 heteroatoms. The van der Waals surface area contributed by atoms with Crippen LogP contribution in [0.3, 0.4) is 0 Å². The van der Waals surface area contributed by atoms with E-state index in [0.717, 1.165) is 11.8 Å². The second kappa shape index (κ2) is 8.71. The normalized spacial score (nSPS) is 11.3. The minimum atomic E-state index is -0.528. The van der Waals surface area contributed by atoms with Crippen LogP contribution in [0.2, 0.25) is 5.02 Å². The zero-order valence-corrected chi connectivity index (χ0v) is 16.2. The Bertz CT molecular complexity index is 898. The first kappa shape index (κ1) is 19.8. The Morgan fingerprint density at radius 3 is 2.31 bits per heavy atom. The average Bonchev–Trinajstić information content (AvgIpc) is 2.65. The third kappa shape index (κ3) is 3.99. The lowest BCUT2D eigenvalue weighted by atomic mass is 10.0. The molecule has 0 aliphatic carbocycles. The molecule has 0 bridgehead atoms. The van der Waals surface area contributed by atoms with Gasteiger partial charge in [0.05, 0.1) is 16.4 Å². The first-order valence-corrected chi connectivity index (χ1v) is 9.14. The van der Waals surface area contributed by atoms with Gasteiger partial charge in [0.25, 0.3) is 0 Å². The van der Waals surface area contributed by atoms with E-state index in [2.05, 4.69) is 17.1 Å². The molecule has 1 atom stereocenters. The maximum absolute atomic E-state index is 11.7. The quantitative estimate of drug-likeness (QED) is 0.550. The zero-order chi connectivity index (χ0) is 19.3. The molecule has 0 N–H and O–H groups in total. The first-order chi connectivity index (χ1) is 12.5. The van der Waals surface area contributed by atoms with Crippen LogP contribution in [0, 0.1) is 22.7 Å². The van der Waals surface area contributed by atoms with Crippen LogP contribution in [-0.2, 0) is 11.2 Å². The number of hydrogen-bond acceptors (Lipinski definition) is 6. The molecule has 5 nitrogen and oxygen atoms in total. The molecule has 0 aliphatic heterocycles. The Hall–Kier alpha value is -2.54. The molecule has 1 unspecified atom stereocenters. The number of nitrogens with zero attached hydrogens (tertiary/aromatic N) is 4. The molecular weight excluding hydrogens is 368 g/mol. The summed E-state index contributed by atoms with van der Waals surface area (Å²) in [6.45, 7) is 1.89. The van der Waals surface area contributed by atoms with Gasteiger partial charge in [-0.25, -0.2) is 4.98 Å². The highest BCUT2D eigenvalue weighted by Gasteiger charge is 2.23. The van der Waals surface area contributed by atoms with E-state index in [1.54, 1.807) is 43.3 Å². The second-order valence-corrected chi connectivity index (χ2v) is 7.23. The summed E-state index contributed by atoms with van der Waals surface area (Å²) in [4.78, 5) is 17.9. The van der Waals surface area contributed by atoms with Crippen LogP contribution in [0.5, 0.6) is 0 Å². The van der Waals surface area contributed by atoms with Crippen molar-refractivity contribution in [2.75, 3.05) is 19.0 Å². The number of carbonyl (C=O) groups is 1. The fourth-order valence-electron chi connectivity index (χ4n) is 2.54. The third-order valence-electron chi connectivity index (χ3n) is 3.81.